The van der Waals surface area contributed by atoms with E-state index in [0.717, 1.165) is 5.56 Å². The van der Waals surface area contributed by atoms with E-state index in [1.54, 1.807) is 6.92 Å². The van der Waals surface area contributed by atoms with Crippen LogP contribution in [-0.4, -0.2) is 24.4 Å². The summed E-state index contributed by atoms with van der Waals surface area (Å²) in [5.41, 5.74) is 0.925. The molecule has 0 bridgehead atoms. The zero-order chi connectivity index (χ0) is 13.9. The second-order valence-electron chi connectivity index (χ2n) is 4.86. The molecule has 0 N–H and O–H groups in total. The maximum Gasteiger partial charge on any atom is 0.322 e. The van der Waals surface area contributed by atoms with Gasteiger partial charge in [0, 0.05) is 6.66 Å². The van der Waals surface area contributed by atoms with E-state index in [1.165, 1.54) is 6.66 Å². The van der Waals surface area contributed by atoms with Crippen LogP contribution >= 0.6 is 7.37 Å². The Morgan fingerprint density at radius 1 is 1.32 bits per heavy atom. The molecule has 104 valence electrons. The van der Waals surface area contributed by atoms with E-state index in [9.17, 15) is 9.36 Å². The number of rotatable bonds is 6. The molecule has 4 nitrogen and oxygen atoms in total. The molecule has 5 heteroatoms. The maximum absolute atomic E-state index is 12.4. The van der Waals surface area contributed by atoms with Gasteiger partial charge in [-0.05, 0) is 25.3 Å². The fraction of sp³-hybridized carbons (Fsp3) is 0.500. The van der Waals surface area contributed by atoms with Crippen molar-refractivity contribution in [3.8, 4) is 0 Å². The molecular weight excluding hydrogens is 263 g/mol. The van der Waals surface area contributed by atoms with Gasteiger partial charge in [0.15, 0.2) is 0 Å². The predicted octanol–water partition coefficient (Wildman–Crippen LogP) is 3.21. The minimum Gasteiger partial charge on any atom is -0.460 e. The molecule has 0 amide bonds. The van der Waals surface area contributed by atoms with Gasteiger partial charge in [0.2, 0.25) is 7.37 Å². The first-order chi connectivity index (χ1) is 9.02. The average molecular weight is 282 g/mol. The van der Waals surface area contributed by atoms with Gasteiger partial charge in [-0.3, -0.25) is 9.36 Å². The molecule has 19 heavy (non-hydrogen) atoms. The van der Waals surface area contributed by atoms with Crippen LogP contribution in [0.15, 0.2) is 30.3 Å². The van der Waals surface area contributed by atoms with Crippen LogP contribution in [0.5, 0.6) is 0 Å². The summed E-state index contributed by atoms with van der Waals surface area (Å²) in [6.45, 7) is 3.88. The van der Waals surface area contributed by atoms with Gasteiger partial charge >= 0.3 is 5.97 Å². The van der Waals surface area contributed by atoms with Crippen molar-refractivity contribution in [2.45, 2.75) is 31.5 Å². The quantitative estimate of drug-likeness (QED) is 0.594. The minimum absolute atomic E-state index is 0.216. The van der Waals surface area contributed by atoms with Crippen LogP contribution in [0.2, 0.25) is 0 Å². The number of esters is 1. The maximum atomic E-state index is 12.4. The minimum atomic E-state index is -2.94. The number of hydrogen-bond donors (Lipinski definition) is 0. The summed E-state index contributed by atoms with van der Waals surface area (Å²) < 4.78 is 23.0. The molecule has 1 aromatic rings. The fourth-order valence-corrected chi connectivity index (χ4v) is 4.18. The van der Waals surface area contributed by atoms with Crippen molar-refractivity contribution in [2.24, 2.45) is 0 Å². The van der Waals surface area contributed by atoms with Crippen molar-refractivity contribution < 1.29 is 18.6 Å². The molecule has 1 aliphatic carbocycles. The lowest BCUT2D eigenvalue weighted by Crippen LogP contribution is -2.26. The molecule has 1 atom stereocenters. The Kier molecular flexibility index (Phi) is 4.12. The zero-order valence-electron chi connectivity index (χ0n) is 11.3. The summed E-state index contributed by atoms with van der Waals surface area (Å²) in [5, 5.41) is -0.891. The second kappa shape index (κ2) is 5.48. The Labute approximate surface area is 113 Å². The molecule has 0 aliphatic heterocycles. The average Bonchev–Trinajstić information content (AvgIpc) is 3.19. The zero-order valence-corrected chi connectivity index (χ0v) is 12.2. The van der Waals surface area contributed by atoms with Gasteiger partial charge in [-0.1, -0.05) is 30.3 Å². The highest BCUT2D eigenvalue weighted by atomic mass is 31.2. The summed E-state index contributed by atoms with van der Waals surface area (Å²) in [6.07, 6.45) is 1.18. The summed E-state index contributed by atoms with van der Waals surface area (Å²) >= 11 is 0. The van der Waals surface area contributed by atoms with Crippen LogP contribution in [0, 0.1) is 0 Å². The third kappa shape index (κ3) is 2.90. The monoisotopic (exact) mass is 282 g/mol. The van der Waals surface area contributed by atoms with Gasteiger partial charge in [0.1, 0.15) is 11.8 Å². The molecule has 1 saturated carbocycles. The van der Waals surface area contributed by atoms with Gasteiger partial charge in [-0.15, -0.1) is 0 Å². The summed E-state index contributed by atoms with van der Waals surface area (Å²) in [5.74, 6) is -0.393. The van der Waals surface area contributed by atoms with E-state index in [2.05, 4.69) is 0 Å². The smallest absolute Gasteiger partial charge is 0.322 e. The van der Waals surface area contributed by atoms with E-state index >= 15 is 0 Å². The first-order valence-corrected chi connectivity index (χ1v) is 8.52. The Hall–Kier alpha value is -1.12. The highest BCUT2D eigenvalue weighted by Crippen LogP contribution is 2.68. The summed E-state index contributed by atoms with van der Waals surface area (Å²) in [6, 6.07) is 9.47. The van der Waals surface area contributed by atoms with E-state index in [4.69, 9.17) is 9.26 Å². The van der Waals surface area contributed by atoms with Crippen LogP contribution < -0.4 is 0 Å². The van der Waals surface area contributed by atoms with Crippen LogP contribution in [-0.2, 0) is 25.2 Å². The largest absolute Gasteiger partial charge is 0.460 e. The predicted molar refractivity (Wildman–Crippen MR) is 73.4 cm³/mol. The Morgan fingerprint density at radius 2 is 1.95 bits per heavy atom. The Balaban J connectivity index is 1.99. The van der Waals surface area contributed by atoms with E-state index < -0.39 is 18.5 Å². The van der Waals surface area contributed by atoms with E-state index in [0.29, 0.717) is 19.4 Å². The molecule has 0 aromatic heterocycles. The summed E-state index contributed by atoms with van der Waals surface area (Å²) in [4.78, 5) is 12.1. The van der Waals surface area contributed by atoms with E-state index in [-0.39, 0.29) is 6.61 Å². The van der Waals surface area contributed by atoms with Crippen LogP contribution in [0.1, 0.15) is 25.3 Å². The van der Waals surface area contributed by atoms with Crippen molar-refractivity contribution >= 4 is 13.3 Å². The lowest BCUT2D eigenvalue weighted by molar-refractivity contribution is -0.145. The standard InChI is InChI=1S/C14H19O4P/c1-3-18-19(2,16)14(9-10-14)13(15)17-11-12-7-5-4-6-8-12/h4-8H,3,9-11H2,1-2H3/t19-/m0/s1. The second-order valence-corrected chi connectivity index (χ2v) is 7.66. The molecule has 2 rings (SSSR count). The lowest BCUT2D eigenvalue weighted by atomic mass is 10.2. The van der Waals surface area contributed by atoms with Crippen LogP contribution in [0.25, 0.3) is 0 Å². The van der Waals surface area contributed by atoms with E-state index in [1.807, 2.05) is 30.3 Å². The van der Waals surface area contributed by atoms with Crippen molar-refractivity contribution in [3.05, 3.63) is 35.9 Å². The van der Waals surface area contributed by atoms with Crippen LogP contribution in [0.4, 0.5) is 0 Å². The number of ether oxygens (including phenoxy) is 1. The van der Waals surface area contributed by atoms with Crippen molar-refractivity contribution in [1.29, 1.82) is 0 Å². The highest BCUT2D eigenvalue weighted by molar-refractivity contribution is 7.61. The first-order valence-electron chi connectivity index (χ1n) is 6.45. The number of carbonyl (C=O) groups is 1. The third-order valence-electron chi connectivity index (χ3n) is 3.47. The number of benzene rings is 1. The molecule has 0 heterocycles. The molecule has 0 radical (unpaired) electrons. The molecular formula is C14H19O4P. The lowest BCUT2D eigenvalue weighted by Gasteiger charge is -2.22. The number of carbonyl (C=O) groups excluding carboxylic acids is 1. The Bertz CT molecular complexity index is 493. The van der Waals surface area contributed by atoms with Gasteiger partial charge in [0.25, 0.3) is 0 Å². The SMILES string of the molecule is CCO[P@](C)(=O)C1(C(=O)OCc2ccccc2)CC1. The third-order valence-corrected chi connectivity index (χ3v) is 6.41. The van der Waals surface area contributed by atoms with Crippen LogP contribution in [0.3, 0.4) is 0 Å². The Morgan fingerprint density at radius 3 is 2.47 bits per heavy atom. The van der Waals surface area contributed by atoms with Gasteiger partial charge in [-0.25, -0.2) is 0 Å². The molecule has 0 saturated heterocycles. The van der Waals surface area contributed by atoms with Crippen molar-refractivity contribution in [3.63, 3.8) is 0 Å². The van der Waals surface area contributed by atoms with Gasteiger partial charge in [-0.2, -0.15) is 0 Å². The highest BCUT2D eigenvalue weighted by Gasteiger charge is 2.63. The topological polar surface area (TPSA) is 52.6 Å². The molecule has 0 unspecified atom stereocenters. The van der Waals surface area contributed by atoms with Gasteiger partial charge in [0.05, 0.1) is 6.61 Å². The molecule has 1 aliphatic rings. The molecule has 0 spiro atoms. The first kappa shape index (κ1) is 14.3. The fourth-order valence-electron chi connectivity index (χ4n) is 2.12. The van der Waals surface area contributed by atoms with Gasteiger partial charge < -0.3 is 9.26 Å². The van der Waals surface area contributed by atoms with Crippen molar-refractivity contribution in [2.75, 3.05) is 13.3 Å². The summed E-state index contributed by atoms with van der Waals surface area (Å²) in [7, 11) is -2.94. The number of hydrogen-bond acceptors (Lipinski definition) is 4. The molecule has 1 aromatic carbocycles. The normalized spacial score (nSPS) is 19.5. The molecule has 1 fully saturated rings. The van der Waals surface area contributed by atoms with Crippen molar-refractivity contribution in [1.82, 2.24) is 0 Å².